The number of carbonyl (C=O) groups excluding carboxylic acids is 2. The van der Waals surface area contributed by atoms with Crippen molar-refractivity contribution < 1.29 is 18.0 Å². The highest BCUT2D eigenvalue weighted by molar-refractivity contribution is 7.92. The van der Waals surface area contributed by atoms with Crippen molar-refractivity contribution in [2.24, 2.45) is 0 Å². The highest BCUT2D eigenvalue weighted by atomic mass is 35.5. The maximum absolute atomic E-state index is 14.6. The van der Waals surface area contributed by atoms with E-state index in [1.165, 1.54) is 9.21 Å². The Labute approximate surface area is 278 Å². The SMILES string of the molecule is CC[C@H](C)NC(=O)[C@H](Cc1ccccc1)N(Cc1ccc(Cl)cc1)C(=O)CN(c1cccc(C)c1C)S(=O)(=O)c1ccc(C)cc1. The molecule has 0 bridgehead atoms. The van der Waals surface area contributed by atoms with Gasteiger partial charge in [-0.25, -0.2) is 8.42 Å². The molecule has 7 nitrogen and oxygen atoms in total. The summed E-state index contributed by atoms with van der Waals surface area (Å²) in [6, 6.07) is 27.5. The van der Waals surface area contributed by atoms with E-state index < -0.39 is 28.5 Å². The first-order valence-corrected chi connectivity index (χ1v) is 17.3. The van der Waals surface area contributed by atoms with Crippen LogP contribution in [0.5, 0.6) is 0 Å². The third-order valence-corrected chi connectivity index (χ3v) is 10.3. The molecule has 2 amide bonds. The van der Waals surface area contributed by atoms with Crippen molar-refractivity contribution in [2.45, 2.75) is 71.0 Å². The highest BCUT2D eigenvalue weighted by Gasteiger charge is 2.35. The lowest BCUT2D eigenvalue weighted by Crippen LogP contribution is -2.54. The van der Waals surface area contributed by atoms with Crippen LogP contribution in [0.15, 0.2) is 102 Å². The Morgan fingerprint density at radius 2 is 1.48 bits per heavy atom. The van der Waals surface area contributed by atoms with Gasteiger partial charge in [-0.1, -0.05) is 90.8 Å². The van der Waals surface area contributed by atoms with Crippen molar-refractivity contribution in [1.29, 1.82) is 0 Å². The quantitative estimate of drug-likeness (QED) is 0.167. The summed E-state index contributed by atoms with van der Waals surface area (Å²) >= 11 is 6.17. The summed E-state index contributed by atoms with van der Waals surface area (Å²) in [5.74, 6) is -0.813. The zero-order chi connectivity index (χ0) is 33.4. The molecule has 0 heterocycles. The van der Waals surface area contributed by atoms with Gasteiger partial charge >= 0.3 is 0 Å². The van der Waals surface area contributed by atoms with Crippen molar-refractivity contribution in [3.05, 3.63) is 130 Å². The van der Waals surface area contributed by atoms with Crippen LogP contribution in [0.4, 0.5) is 5.69 Å². The van der Waals surface area contributed by atoms with Crippen LogP contribution in [0.3, 0.4) is 0 Å². The summed E-state index contributed by atoms with van der Waals surface area (Å²) in [5.41, 5.74) is 4.58. The van der Waals surface area contributed by atoms with E-state index >= 15 is 0 Å². The summed E-state index contributed by atoms with van der Waals surface area (Å²) in [4.78, 5) is 30.2. The lowest BCUT2D eigenvalue weighted by Gasteiger charge is -2.34. The molecule has 4 aromatic rings. The van der Waals surface area contributed by atoms with E-state index in [-0.39, 0.29) is 29.8 Å². The summed E-state index contributed by atoms with van der Waals surface area (Å²) in [7, 11) is -4.18. The molecule has 0 fully saturated rings. The number of halogens is 1. The minimum absolute atomic E-state index is 0.0754. The van der Waals surface area contributed by atoms with Crippen molar-refractivity contribution in [1.82, 2.24) is 10.2 Å². The average molecular weight is 660 g/mol. The van der Waals surface area contributed by atoms with Gasteiger partial charge in [-0.05, 0) is 86.7 Å². The van der Waals surface area contributed by atoms with Gasteiger partial charge in [-0.3, -0.25) is 13.9 Å². The molecule has 0 spiro atoms. The normalized spacial score (nSPS) is 12.7. The number of nitrogens with one attached hydrogen (secondary N) is 1. The molecule has 0 unspecified atom stereocenters. The summed E-state index contributed by atoms with van der Waals surface area (Å²) < 4.78 is 29.8. The van der Waals surface area contributed by atoms with E-state index in [0.29, 0.717) is 17.1 Å². The smallest absolute Gasteiger partial charge is 0.264 e. The second-order valence-corrected chi connectivity index (χ2v) is 14.0. The third-order valence-electron chi connectivity index (χ3n) is 8.27. The molecule has 0 aliphatic heterocycles. The number of rotatable bonds is 13. The second kappa shape index (κ2) is 15.4. The number of amides is 2. The van der Waals surface area contributed by atoms with E-state index in [1.807, 2.05) is 71.0 Å². The van der Waals surface area contributed by atoms with Gasteiger partial charge in [-0.15, -0.1) is 0 Å². The van der Waals surface area contributed by atoms with Crippen LogP contribution in [0.2, 0.25) is 5.02 Å². The minimum Gasteiger partial charge on any atom is -0.352 e. The van der Waals surface area contributed by atoms with Crippen LogP contribution in [-0.4, -0.2) is 43.8 Å². The van der Waals surface area contributed by atoms with Gasteiger partial charge < -0.3 is 10.2 Å². The first-order chi connectivity index (χ1) is 21.9. The number of anilines is 1. The molecule has 0 aliphatic carbocycles. The fraction of sp³-hybridized carbons (Fsp3) is 0.297. The van der Waals surface area contributed by atoms with E-state index in [1.54, 1.807) is 60.7 Å². The number of benzene rings is 4. The van der Waals surface area contributed by atoms with E-state index in [9.17, 15) is 18.0 Å². The maximum Gasteiger partial charge on any atom is 0.264 e. The Morgan fingerprint density at radius 3 is 2.11 bits per heavy atom. The zero-order valence-corrected chi connectivity index (χ0v) is 28.6. The Hall–Kier alpha value is -4.14. The molecule has 46 heavy (non-hydrogen) atoms. The van der Waals surface area contributed by atoms with E-state index in [0.717, 1.165) is 27.8 Å². The first kappa shape index (κ1) is 34.7. The predicted molar refractivity (Wildman–Crippen MR) is 185 cm³/mol. The Bertz CT molecular complexity index is 1740. The van der Waals surface area contributed by atoms with Crippen molar-refractivity contribution in [3.8, 4) is 0 Å². The van der Waals surface area contributed by atoms with Crippen LogP contribution in [-0.2, 0) is 32.6 Å². The number of aryl methyl sites for hydroxylation is 2. The average Bonchev–Trinajstić information content (AvgIpc) is 3.04. The monoisotopic (exact) mass is 659 g/mol. The maximum atomic E-state index is 14.6. The first-order valence-electron chi connectivity index (χ1n) is 15.4. The standard InChI is InChI=1S/C37H42ClN3O4S/c1-6-28(4)39-37(43)35(23-30-12-8-7-9-13-30)40(24-31-17-19-32(38)20-18-31)36(42)25-41(34-14-10-11-27(3)29(34)5)46(44,45)33-21-15-26(2)16-22-33/h7-22,28,35H,6,23-25H2,1-5H3,(H,39,43)/t28-,35-/m0/s1. The Morgan fingerprint density at radius 1 is 0.826 bits per heavy atom. The van der Waals surface area contributed by atoms with Gasteiger partial charge in [0.15, 0.2) is 0 Å². The lowest BCUT2D eigenvalue weighted by atomic mass is 10.0. The lowest BCUT2D eigenvalue weighted by molar-refractivity contribution is -0.140. The van der Waals surface area contributed by atoms with Gasteiger partial charge in [0.05, 0.1) is 10.6 Å². The Kier molecular flexibility index (Phi) is 11.7. The summed E-state index contributed by atoms with van der Waals surface area (Å²) in [6.07, 6.45) is 0.959. The molecule has 0 saturated heterocycles. The van der Waals surface area contributed by atoms with Crippen LogP contribution in [0.1, 0.15) is 48.1 Å². The minimum atomic E-state index is -4.18. The largest absolute Gasteiger partial charge is 0.352 e. The zero-order valence-electron chi connectivity index (χ0n) is 27.0. The fourth-order valence-corrected chi connectivity index (χ4v) is 6.74. The van der Waals surface area contributed by atoms with Gasteiger partial charge in [0.1, 0.15) is 12.6 Å². The van der Waals surface area contributed by atoms with Crippen molar-refractivity contribution >= 4 is 39.1 Å². The van der Waals surface area contributed by atoms with Gasteiger partial charge in [0.25, 0.3) is 10.0 Å². The molecule has 2 atom stereocenters. The predicted octanol–water partition coefficient (Wildman–Crippen LogP) is 7.02. The fourth-order valence-electron chi connectivity index (χ4n) is 5.14. The number of hydrogen-bond donors (Lipinski definition) is 1. The number of carbonyl (C=O) groups is 2. The van der Waals surface area contributed by atoms with E-state index in [4.69, 9.17) is 11.6 Å². The van der Waals surface area contributed by atoms with Gasteiger partial charge in [-0.2, -0.15) is 0 Å². The molecule has 0 saturated carbocycles. The van der Waals surface area contributed by atoms with Crippen LogP contribution in [0.25, 0.3) is 0 Å². The van der Waals surface area contributed by atoms with Crippen LogP contribution in [0, 0.1) is 20.8 Å². The molecular formula is C37H42ClN3O4S. The van der Waals surface area contributed by atoms with Crippen molar-refractivity contribution in [2.75, 3.05) is 10.8 Å². The summed E-state index contributed by atoms with van der Waals surface area (Å²) in [5, 5.41) is 3.60. The summed E-state index contributed by atoms with van der Waals surface area (Å²) in [6.45, 7) is 9.09. The molecule has 0 aliphatic rings. The highest BCUT2D eigenvalue weighted by Crippen LogP contribution is 2.29. The molecule has 0 radical (unpaired) electrons. The molecule has 4 rings (SSSR count). The topological polar surface area (TPSA) is 86.8 Å². The molecular weight excluding hydrogens is 618 g/mol. The van der Waals surface area contributed by atoms with E-state index in [2.05, 4.69) is 5.32 Å². The van der Waals surface area contributed by atoms with Crippen molar-refractivity contribution in [3.63, 3.8) is 0 Å². The number of sulfonamides is 1. The molecule has 242 valence electrons. The molecule has 1 N–H and O–H groups in total. The molecule has 0 aromatic heterocycles. The van der Waals surface area contributed by atoms with Gasteiger partial charge in [0, 0.05) is 24.0 Å². The third kappa shape index (κ3) is 8.56. The Balaban J connectivity index is 1.83. The second-order valence-electron chi connectivity index (χ2n) is 11.7. The molecule has 9 heteroatoms. The van der Waals surface area contributed by atoms with Crippen LogP contribution >= 0.6 is 11.6 Å². The van der Waals surface area contributed by atoms with Crippen LogP contribution < -0.4 is 9.62 Å². The number of hydrogen-bond acceptors (Lipinski definition) is 4. The number of nitrogens with zero attached hydrogens (tertiary/aromatic N) is 2. The molecule has 4 aromatic carbocycles. The van der Waals surface area contributed by atoms with Gasteiger partial charge in [0.2, 0.25) is 11.8 Å².